The molecular formula is C27H27N5O. The maximum Gasteiger partial charge on any atom is 0.277 e. The van der Waals surface area contributed by atoms with E-state index >= 15 is 0 Å². The Morgan fingerprint density at radius 2 is 1.82 bits per heavy atom. The minimum absolute atomic E-state index is 0.0651. The number of rotatable bonds is 5. The summed E-state index contributed by atoms with van der Waals surface area (Å²) in [4.78, 5) is 18.6. The predicted molar refractivity (Wildman–Crippen MR) is 129 cm³/mol. The van der Waals surface area contributed by atoms with Crippen molar-refractivity contribution in [2.75, 3.05) is 0 Å². The molecule has 1 unspecified atom stereocenters. The van der Waals surface area contributed by atoms with Crippen LogP contribution in [0.4, 0.5) is 0 Å². The van der Waals surface area contributed by atoms with Crippen LogP contribution in [-0.4, -0.2) is 20.2 Å². The van der Waals surface area contributed by atoms with Gasteiger partial charge in [0.05, 0.1) is 30.2 Å². The van der Waals surface area contributed by atoms with Gasteiger partial charge in [-0.2, -0.15) is 5.26 Å². The molecular weight excluding hydrogens is 410 g/mol. The summed E-state index contributed by atoms with van der Waals surface area (Å²) in [5, 5.41) is 9.62. The van der Waals surface area contributed by atoms with E-state index in [9.17, 15) is 10.1 Å². The van der Waals surface area contributed by atoms with Gasteiger partial charge in [0.1, 0.15) is 11.3 Å². The summed E-state index contributed by atoms with van der Waals surface area (Å²) in [7, 11) is 0. The maximum absolute atomic E-state index is 13.7. The summed E-state index contributed by atoms with van der Waals surface area (Å²) in [6.07, 6.45) is 5.78. The fourth-order valence-electron chi connectivity index (χ4n) is 4.97. The highest BCUT2D eigenvalue weighted by molar-refractivity contribution is 5.75. The lowest BCUT2D eigenvalue weighted by molar-refractivity contribution is 0.376. The van der Waals surface area contributed by atoms with Crippen LogP contribution in [0, 0.1) is 11.3 Å². The van der Waals surface area contributed by atoms with Crippen LogP contribution in [0.5, 0.6) is 0 Å². The molecule has 5 rings (SSSR count). The molecule has 4 aromatic rings. The molecule has 2 aromatic carbocycles. The van der Waals surface area contributed by atoms with Crippen molar-refractivity contribution in [2.45, 2.75) is 50.7 Å². The van der Waals surface area contributed by atoms with E-state index in [-0.39, 0.29) is 17.5 Å². The molecule has 6 heteroatoms. The normalized spacial score (nSPS) is 18.3. The molecule has 166 valence electrons. The van der Waals surface area contributed by atoms with Gasteiger partial charge in [0, 0.05) is 18.2 Å². The Morgan fingerprint density at radius 1 is 1.03 bits per heavy atom. The lowest BCUT2D eigenvalue weighted by Gasteiger charge is -2.26. The number of aromatic nitrogens is 3. The largest absolute Gasteiger partial charge is 0.328 e. The van der Waals surface area contributed by atoms with E-state index in [1.807, 2.05) is 71.4 Å². The predicted octanol–water partition coefficient (Wildman–Crippen LogP) is 4.15. The molecule has 33 heavy (non-hydrogen) atoms. The van der Waals surface area contributed by atoms with Crippen molar-refractivity contribution in [3.8, 4) is 6.07 Å². The van der Waals surface area contributed by atoms with Gasteiger partial charge in [-0.05, 0) is 42.5 Å². The molecule has 2 aromatic heterocycles. The third-order valence-corrected chi connectivity index (χ3v) is 6.64. The van der Waals surface area contributed by atoms with Gasteiger partial charge in [-0.25, -0.2) is 4.98 Å². The second kappa shape index (κ2) is 9.05. The quantitative estimate of drug-likeness (QED) is 0.508. The summed E-state index contributed by atoms with van der Waals surface area (Å²) >= 11 is 0. The average Bonchev–Trinajstić information content (AvgIpc) is 3.21. The number of imidazole rings is 1. The molecule has 1 aliphatic rings. The molecule has 0 aliphatic heterocycles. The minimum Gasteiger partial charge on any atom is -0.328 e. The zero-order valence-corrected chi connectivity index (χ0v) is 18.5. The highest BCUT2D eigenvalue weighted by Gasteiger charge is 2.27. The molecule has 0 bridgehead atoms. The Balaban J connectivity index is 1.66. The Kier molecular flexibility index (Phi) is 5.80. The standard InChI is InChI=1S/C27H27N5O/c28-16-21-9-4-5-10-22(21)18-32-25-24(30-26(32)20-11-6-12-23(29)15-20)13-14-31(27(25)33)17-19-7-2-1-3-8-19/h1-5,7-10,13-14,20,23H,6,11-12,15,17-18,29H2/t20?,23-/m0/s1. The van der Waals surface area contributed by atoms with E-state index in [4.69, 9.17) is 10.7 Å². The van der Waals surface area contributed by atoms with Crippen molar-refractivity contribution in [2.24, 2.45) is 5.73 Å². The number of benzene rings is 2. The fraction of sp³-hybridized carbons (Fsp3) is 0.296. The third kappa shape index (κ3) is 4.20. The van der Waals surface area contributed by atoms with Crippen LogP contribution in [-0.2, 0) is 13.1 Å². The zero-order chi connectivity index (χ0) is 22.8. The zero-order valence-electron chi connectivity index (χ0n) is 18.5. The van der Waals surface area contributed by atoms with E-state index in [0.29, 0.717) is 29.7 Å². The van der Waals surface area contributed by atoms with E-state index < -0.39 is 0 Å². The highest BCUT2D eigenvalue weighted by Crippen LogP contribution is 2.33. The van der Waals surface area contributed by atoms with Gasteiger partial charge in [0.2, 0.25) is 0 Å². The molecule has 1 fully saturated rings. The second-order valence-corrected chi connectivity index (χ2v) is 8.92. The summed E-state index contributed by atoms with van der Waals surface area (Å²) in [6.45, 7) is 0.936. The van der Waals surface area contributed by atoms with Crippen molar-refractivity contribution >= 4 is 11.0 Å². The summed E-state index contributed by atoms with van der Waals surface area (Å²) in [5.41, 5.74) is 10.1. The smallest absolute Gasteiger partial charge is 0.277 e. The van der Waals surface area contributed by atoms with Crippen molar-refractivity contribution in [1.82, 2.24) is 14.1 Å². The minimum atomic E-state index is -0.0651. The molecule has 1 saturated carbocycles. The van der Waals surface area contributed by atoms with Crippen LogP contribution in [0.25, 0.3) is 11.0 Å². The molecule has 0 saturated heterocycles. The summed E-state index contributed by atoms with van der Waals surface area (Å²) < 4.78 is 3.78. The van der Waals surface area contributed by atoms with Gasteiger partial charge in [-0.3, -0.25) is 4.79 Å². The molecule has 2 N–H and O–H groups in total. The number of pyridine rings is 1. The van der Waals surface area contributed by atoms with Gasteiger partial charge in [-0.15, -0.1) is 0 Å². The van der Waals surface area contributed by atoms with Gasteiger partial charge >= 0.3 is 0 Å². The highest BCUT2D eigenvalue weighted by atomic mass is 16.1. The Labute approximate surface area is 192 Å². The topological polar surface area (TPSA) is 89.6 Å². The molecule has 0 spiro atoms. The van der Waals surface area contributed by atoms with Crippen molar-refractivity contribution < 1.29 is 0 Å². The number of hydrogen-bond donors (Lipinski definition) is 1. The number of hydrogen-bond acceptors (Lipinski definition) is 4. The van der Waals surface area contributed by atoms with E-state index in [1.165, 1.54) is 0 Å². The third-order valence-electron chi connectivity index (χ3n) is 6.64. The lowest BCUT2D eigenvalue weighted by atomic mass is 9.85. The molecule has 6 nitrogen and oxygen atoms in total. The first-order chi connectivity index (χ1) is 16.1. The van der Waals surface area contributed by atoms with Crippen LogP contribution in [0.3, 0.4) is 0 Å². The van der Waals surface area contributed by atoms with E-state index in [1.54, 1.807) is 4.57 Å². The van der Waals surface area contributed by atoms with E-state index in [2.05, 4.69) is 6.07 Å². The molecule has 2 heterocycles. The molecule has 0 radical (unpaired) electrons. The van der Waals surface area contributed by atoms with Crippen LogP contribution in [0.1, 0.15) is 54.1 Å². The maximum atomic E-state index is 13.7. The van der Waals surface area contributed by atoms with Crippen molar-refractivity contribution in [3.63, 3.8) is 0 Å². The average molecular weight is 438 g/mol. The Hall–Kier alpha value is -3.69. The molecule has 1 aliphatic carbocycles. The summed E-state index contributed by atoms with van der Waals surface area (Å²) in [6, 6.07) is 21.9. The van der Waals surface area contributed by atoms with E-state index in [0.717, 1.165) is 42.6 Å². The fourth-order valence-corrected chi connectivity index (χ4v) is 4.97. The lowest BCUT2D eigenvalue weighted by Crippen LogP contribution is -2.28. The van der Waals surface area contributed by atoms with Gasteiger partial charge in [-0.1, -0.05) is 55.0 Å². The number of nitriles is 1. The number of nitrogens with two attached hydrogens (primary N) is 1. The van der Waals surface area contributed by atoms with Crippen molar-refractivity contribution in [1.29, 1.82) is 5.26 Å². The Bertz CT molecular complexity index is 1380. The first-order valence-corrected chi connectivity index (χ1v) is 11.5. The monoisotopic (exact) mass is 437 g/mol. The van der Waals surface area contributed by atoms with Gasteiger partial charge in [0.25, 0.3) is 5.56 Å². The summed E-state index contributed by atoms with van der Waals surface area (Å²) in [5.74, 6) is 1.11. The first kappa shape index (κ1) is 21.2. The van der Waals surface area contributed by atoms with Gasteiger partial charge < -0.3 is 14.9 Å². The second-order valence-electron chi connectivity index (χ2n) is 8.92. The first-order valence-electron chi connectivity index (χ1n) is 11.5. The van der Waals surface area contributed by atoms with Crippen LogP contribution in [0.2, 0.25) is 0 Å². The number of fused-ring (bicyclic) bond motifs is 1. The van der Waals surface area contributed by atoms with Crippen molar-refractivity contribution in [3.05, 3.63) is 99.7 Å². The number of nitrogens with zero attached hydrogens (tertiary/aromatic N) is 4. The van der Waals surface area contributed by atoms with Gasteiger partial charge in [0.15, 0.2) is 0 Å². The molecule has 2 atom stereocenters. The van der Waals surface area contributed by atoms with Crippen LogP contribution >= 0.6 is 0 Å². The van der Waals surface area contributed by atoms with Crippen LogP contribution in [0.15, 0.2) is 71.7 Å². The molecule has 0 amide bonds. The Morgan fingerprint density at radius 3 is 2.61 bits per heavy atom. The SMILES string of the molecule is N#Cc1ccccc1Cn1c(C2CCC[C@H](N)C2)nc2ccn(Cc3ccccc3)c(=O)c21. The van der Waals surface area contributed by atoms with Crippen LogP contribution < -0.4 is 11.3 Å².